The maximum absolute atomic E-state index is 12.6. The van der Waals surface area contributed by atoms with E-state index in [1.807, 2.05) is 25.1 Å². The smallest absolute Gasteiger partial charge is 0.270 e. The van der Waals surface area contributed by atoms with Crippen LogP contribution in [0.1, 0.15) is 16.1 Å². The van der Waals surface area contributed by atoms with Gasteiger partial charge in [0.05, 0.1) is 16.6 Å². The Morgan fingerprint density at radius 3 is 2.58 bits per heavy atom. The molecule has 1 heterocycles. The first kappa shape index (κ1) is 18.3. The highest BCUT2D eigenvalue weighted by Crippen LogP contribution is 2.25. The normalized spacial score (nSPS) is 10.8. The fourth-order valence-corrected chi connectivity index (χ4v) is 2.92. The standard InChI is InChI=1S/C19H17Cl2N3O2/c1-11-3-4-12-8-17(23-16(12)7-11)19(26)24(2)10-18(25)22-13-5-6-14(20)15(21)9-13/h3-9,23H,10H2,1-2H3,(H,22,25). The van der Waals surface area contributed by atoms with Gasteiger partial charge in [-0.1, -0.05) is 35.3 Å². The van der Waals surface area contributed by atoms with Crippen LogP contribution in [-0.2, 0) is 4.79 Å². The third kappa shape index (κ3) is 4.00. The lowest BCUT2D eigenvalue weighted by Gasteiger charge is -2.16. The van der Waals surface area contributed by atoms with Crippen LogP contribution in [0.25, 0.3) is 10.9 Å². The highest BCUT2D eigenvalue weighted by Gasteiger charge is 2.17. The number of carbonyl (C=O) groups excluding carboxylic acids is 2. The van der Waals surface area contributed by atoms with Gasteiger partial charge in [0.1, 0.15) is 5.69 Å². The summed E-state index contributed by atoms with van der Waals surface area (Å²) in [5.41, 5.74) is 2.96. The predicted octanol–water partition coefficient (Wildman–Crippen LogP) is 4.49. The Hall–Kier alpha value is -2.50. The van der Waals surface area contributed by atoms with Crippen molar-refractivity contribution >= 4 is 51.6 Å². The molecule has 2 N–H and O–H groups in total. The summed E-state index contributed by atoms with van der Waals surface area (Å²) in [6, 6.07) is 12.5. The van der Waals surface area contributed by atoms with Gasteiger partial charge < -0.3 is 15.2 Å². The predicted molar refractivity (Wildman–Crippen MR) is 105 cm³/mol. The van der Waals surface area contributed by atoms with Crippen LogP contribution in [0.2, 0.25) is 10.0 Å². The van der Waals surface area contributed by atoms with E-state index in [9.17, 15) is 9.59 Å². The Labute approximate surface area is 160 Å². The highest BCUT2D eigenvalue weighted by molar-refractivity contribution is 6.42. The maximum Gasteiger partial charge on any atom is 0.270 e. The minimum Gasteiger partial charge on any atom is -0.351 e. The fraction of sp³-hybridized carbons (Fsp3) is 0.158. The molecule has 1 aromatic heterocycles. The summed E-state index contributed by atoms with van der Waals surface area (Å²) in [7, 11) is 1.58. The molecule has 5 nitrogen and oxygen atoms in total. The summed E-state index contributed by atoms with van der Waals surface area (Å²) < 4.78 is 0. The van der Waals surface area contributed by atoms with Gasteiger partial charge in [0.25, 0.3) is 5.91 Å². The van der Waals surface area contributed by atoms with Gasteiger partial charge in [0.2, 0.25) is 5.91 Å². The average molecular weight is 390 g/mol. The van der Waals surface area contributed by atoms with Crippen molar-refractivity contribution in [3.63, 3.8) is 0 Å². The molecule has 0 radical (unpaired) electrons. The Kier molecular flexibility index (Phi) is 5.20. The van der Waals surface area contributed by atoms with E-state index in [2.05, 4.69) is 10.3 Å². The second-order valence-corrected chi connectivity index (χ2v) is 6.93. The number of amides is 2. The molecule has 0 spiro atoms. The number of fused-ring (bicyclic) bond motifs is 1. The number of hydrogen-bond donors (Lipinski definition) is 2. The van der Waals surface area contributed by atoms with Crippen LogP contribution in [-0.4, -0.2) is 35.3 Å². The average Bonchev–Trinajstić information content (AvgIpc) is 3.00. The number of nitrogens with one attached hydrogen (secondary N) is 2. The maximum atomic E-state index is 12.6. The lowest BCUT2D eigenvalue weighted by Crippen LogP contribution is -2.35. The molecule has 134 valence electrons. The molecule has 0 aliphatic carbocycles. The van der Waals surface area contributed by atoms with Crippen LogP contribution in [0.4, 0.5) is 5.69 Å². The van der Waals surface area contributed by atoms with Crippen molar-refractivity contribution in [3.8, 4) is 0 Å². The van der Waals surface area contributed by atoms with Crippen LogP contribution < -0.4 is 5.32 Å². The molecule has 26 heavy (non-hydrogen) atoms. The van der Waals surface area contributed by atoms with Gasteiger partial charge in [0, 0.05) is 23.6 Å². The van der Waals surface area contributed by atoms with E-state index >= 15 is 0 Å². The summed E-state index contributed by atoms with van der Waals surface area (Å²) in [4.78, 5) is 29.2. The molecule has 2 amide bonds. The molecule has 0 fully saturated rings. The fourth-order valence-electron chi connectivity index (χ4n) is 2.62. The number of H-pyrrole nitrogens is 1. The highest BCUT2D eigenvalue weighted by atomic mass is 35.5. The van der Waals surface area contributed by atoms with Gasteiger partial charge in [-0.15, -0.1) is 0 Å². The molecule has 3 aromatic rings. The van der Waals surface area contributed by atoms with E-state index in [1.165, 1.54) is 4.90 Å². The number of aromatic amines is 1. The molecule has 2 aromatic carbocycles. The molecule has 0 atom stereocenters. The SMILES string of the molecule is Cc1ccc2cc(C(=O)N(C)CC(=O)Nc3ccc(Cl)c(Cl)c3)[nH]c2c1. The zero-order valence-corrected chi connectivity index (χ0v) is 15.8. The molecule has 0 saturated carbocycles. The van der Waals surface area contributed by atoms with Crippen molar-refractivity contribution in [2.45, 2.75) is 6.92 Å². The van der Waals surface area contributed by atoms with Crippen molar-refractivity contribution in [3.05, 3.63) is 63.8 Å². The van der Waals surface area contributed by atoms with E-state index in [0.717, 1.165) is 16.5 Å². The van der Waals surface area contributed by atoms with Crippen molar-refractivity contribution in [2.75, 3.05) is 18.9 Å². The minimum atomic E-state index is -0.328. The lowest BCUT2D eigenvalue weighted by molar-refractivity contribution is -0.116. The topological polar surface area (TPSA) is 65.2 Å². The third-order valence-corrected chi connectivity index (χ3v) is 4.68. The van der Waals surface area contributed by atoms with Crippen LogP contribution in [0.5, 0.6) is 0 Å². The van der Waals surface area contributed by atoms with Gasteiger partial charge in [-0.25, -0.2) is 0 Å². The Morgan fingerprint density at radius 1 is 1.08 bits per heavy atom. The van der Waals surface area contributed by atoms with Crippen molar-refractivity contribution in [1.29, 1.82) is 0 Å². The quantitative estimate of drug-likeness (QED) is 0.689. The van der Waals surface area contributed by atoms with Crippen molar-refractivity contribution in [2.24, 2.45) is 0 Å². The summed E-state index contributed by atoms with van der Waals surface area (Å²) >= 11 is 11.8. The first-order valence-corrected chi connectivity index (χ1v) is 8.69. The summed E-state index contributed by atoms with van der Waals surface area (Å²) in [5, 5.41) is 4.40. The number of aryl methyl sites for hydroxylation is 1. The molecule has 0 saturated heterocycles. The molecule has 0 unspecified atom stereocenters. The lowest BCUT2D eigenvalue weighted by atomic mass is 10.2. The second-order valence-electron chi connectivity index (χ2n) is 6.11. The molecule has 0 aliphatic rings. The molecule has 0 bridgehead atoms. The molecular formula is C19H17Cl2N3O2. The number of anilines is 1. The minimum absolute atomic E-state index is 0.0898. The number of nitrogens with zero attached hydrogens (tertiary/aromatic N) is 1. The molecular weight excluding hydrogens is 373 g/mol. The Bertz CT molecular complexity index is 998. The number of halogens is 2. The second kappa shape index (κ2) is 7.40. The molecule has 3 rings (SSSR count). The Morgan fingerprint density at radius 2 is 1.85 bits per heavy atom. The van der Waals surface area contributed by atoms with E-state index < -0.39 is 0 Å². The number of carbonyl (C=O) groups is 2. The van der Waals surface area contributed by atoms with Crippen LogP contribution in [0, 0.1) is 6.92 Å². The van der Waals surface area contributed by atoms with Gasteiger partial charge in [-0.05, 0) is 42.8 Å². The number of hydrogen-bond acceptors (Lipinski definition) is 2. The largest absolute Gasteiger partial charge is 0.351 e. The van der Waals surface area contributed by atoms with Gasteiger partial charge in [-0.3, -0.25) is 9.59 Å². The monoisotopic (exact) mass is 389 g/mol. The first-order valence-electron chi connectivity index (χ1n) is 7.93. The number of likely N-dealkylation sites (N-methyl/N-ethyl adjacent to an activating group) is 1. The first-order chi connectivity index (χ1) is 12.3. The molecule has 0 aliphatic heterocycles. The Balaban J connectivity index is 1.67. The summed E-state index contributed by atoms with van der Waals surface area (Å²) in [6.07, 6.45) is 0. The number of aromatic nitrogens is 1. The van der Waals surface area contributed by atoms with Crippen LogP contribution in [0.3, 0.4) is 0 Å². The van der Waals surface area contributed by atoms with Crippen LogP contribution >= 0.6 is 23.2 Å². The van der Waals surface area contributed by atoms with Gasteiger partial charge >= 0.3 is 0 Å². The van der Waals surface area contributed by atoms with Gasteiger partial charge in [-0.2, -0.15) is 0 Å². The van der Waals surface area contributed by atoms with E-state index in [-0.39, 0.29) is 18.4 Å². The number of benzene rings is 2. The van der Waals surface area contributed by atoms with Crippen LogP contribution in [0.15, 0.2) is 42.5 Å². The van der Waals surface area contributed by atoms with Gasteiger partial charge in [0.15, 0.2) is 0 Å². The van der Waals surface area contributed by atoms with E-state index in [4.69, 9.17) is 23.2 Å². The zero-order valence-electron chi connectivity index (χ0n) is 14.3. The van der Waals surface area contributed by atoms with Crippen molar-refractivity contribution in [1.82, 2.24) is 9.88 Å². The summed E-state index contributed by atoms with van der Waals surface area (Å²) in [5.74, 6) is -0.589. The molecule has 7 heteroatoms. The summed E-state index contributed by atoms with van der Waals surface area (Å²) in [6.45, 7) is 1.90. The van der Waals surface area contributed by atoms with E-state index in [1.54, 1.807) is 31.3 Å². The van der Waals surface area contributed by atoms with Crippen molar-refractivity contribution < 1.29 is 9.59 Å². The van der Waals surface area contributed by atoms with E-state index in [0.29, 0.717) is 21.4 Å². The third-order valence-electron chi connectivity index (χ3n) is 3.94. The zero-order chi connectivity index (χ0) is 18.8. The number of rotatable bonds is 4.